The zero-order chi connectivity index (χ0) is 10.5. The van der Waals surface area contributed by atoms with Crippen molar-refractivity contribution < 1.29 is 14.2 Å². The van der Waals surface area contributed by atoms with Gasteiger partial charge in [-0.3, -0.25) is 0 Å². The first-order valence-electron chi connectivity index (χ1n) is 5.56. The normalized spacial score (nSPS) is 7.50. The maximum Gasteiger partial charge on any atom is 0.0700 e. The van der Waals surface area contributed by atoms with Crippen LogP contribution in [0.4, 0.5) is 0 Å². The summed E-state index contributed by atoms with van der Waals surface area (Å²) in [6, 6.07) is 0. The molecule has 0 aromatic rings. The Kier molecular flexibility index (Phi) is 91.3. The number of hydrogen-bond acceptors (Lipinski definition) is 3. The van der Waals surface area contributed by atoms with E-state index in [2.05, 4.69) is 6.92 Å². The molecule has 134 valence electrons. The van der Waals surface area contributed by atoms with Crippen LogP contribution in [0.25, 0.3) is 0 Å². The second kappa shape index (κ2) is 42.8. The third-order valence-corrected chi connectivity index (χ3v) is 1.90. The highest BCUT2D eigenvalue weighted by atomic mass is 16.5. The second-order valence-corrected chi connectivity index (χ2v) is 3.28. The van der Waals surface area contributed by atoms with Gasteiger partial charge in [0.25, 0.3) is 0 Å². The second-order valence-electron chi connectivity index (χ2n) is 3.28. The number of unbranched alkanes of at least 4 members (excludes halogenated alkanes) is 2. The van der Waals surface area contributed by atoms with Crippen LogP contribution in [0.15, 0.2) is 0 Å². The Morgan fingerprint density at radius 3 is 1.45 bits per heavy atom. The van der Waals surface area contributed by atoms with Gasteiger partial charge in [-0.15, -0.1) is 0 Å². The first-order chi connectivity index (χ1) is 6.91. The Morgan fingerprint density at radius 2 is 1.00 bits per heavy atom. The summed E-state index contributed by atoms with van der Waals surface area (Å²) >= 11 is 0. The lowest BCUT2D eigenvalue weighted by Gasteiger charge is -2.04. The van der Waals surface area contributed by atoms with E-state index in [0.717, 1.165) is 26.2 Å². The van der Waals surface area contributed by atoms with Gasteiger partial charge in [0.1, 0.15) is 0 Å². The fraction of sp³-hybridized carbons (Fsp3) is 1.00. The average molecular weight is 301 g/mol. The van der Waals surface area contributed by atoms with Gasteiger partial charge in [0.2, 0.25) is 0 Å². The molecule has 3 nitrogen and oxygen atoms in total. The van der Waals surface area contributed by atoms with Crippen molar-refractivity contribution in [1.82, 2.24) is 0 Å². The van der Waals surface area contributed by atoms with Gasteiger partial charge in [0, 0.05) is 26.9 Å². The molecule has 0 heterocycles. The van der Waals surface area contributed by atoms with Crippen LogP contribution in [0.3, 0.4) is 0 Å². The molecule has 0 spiro atoms. The molecule has 0 rings (SSSR count). The van der Waals surface area contributed by atoms with Crippen LogP contribution in [-0.2, 0) is 14.2 Å². The summed E-state index contributed by atoms with van der Waals surface area (Å²) in [5.74, 6) is 0. The zero-order valence-electron chi connectivity index (χ0n) is 9.59. The molecule has 0 bridgehead atoms. The number of hydrogen-bond donors (Lipinski definition) is 0. The van der Waals surface area contributed by atoms with Crippen molar-refractivity contribution in [3.05, 3.63) is 0 Å². The highest BCUT2D eigenvalue weighted by Crippen LogP contribution is 1.94. The van der Waals surface area contributed by atoms with E-state index in [-0.39, 0.29) is 44.6 Å². The molecule has 0 radical (unpaired) electrons. The van der Waals surface area contributed by atoms with Crippen molar-refractivity contribution in [1.29, 1.82) is 0 Å². The predicted molar refractivity (Wildman–Crippen MR) is 98.0 cm³/mol. The van der Waals surface area contributed by atoms with Crippen molar-refractivity contribution in [2.45, 2.75) is 77.2 Å². The van der Waals surface area contributed by atoms with Gasteiger partial charge in [-0.05, 0) is 12.8 Å². The van der Waals surface area contributed by atoms with Crippen molar-refractivity contribution >= 4 is 0 Å². The van der Waals surface area contributed by atoms with E-state index in [1.807, 2.05) is 0 Å². The fourth-order valence-corrected chi connectivity index (χ4v) is 1.06. The molecule has 0 aromatic heterocycles. The number of ether oxygens (including phenoxy) is 3. The lowest BCUT2D eigenvalue weighted by Crippen LogP contribution is -2.06. The molecule has 0 aliphatic carbocycles. The van der Waals surface area contributed by atoms with E-state index in [1.165, 1.54) is 19.3 Å². The van der Waals surface area contributed by atoms with E-state index in [9.17, 15) is 0 Å². The summed E-state index contributed by atoms with van der Waals surface area (Å²) < 4.78 is 15.6. The molecule has 0 N–H and O–H groups in total. The van der Waals surface area contributed by atoms with Gasteiger partial charge in [0.15, 0.2) is 0 Å². The van der Waals surface area contributed by atoms with Crippen molar-refractivity contribution in [2.75, 3.05) is 40.1 Å². The molecule has 0 amide bonds. The Labute approximate surface area is 132 Å². The van der Waals surface area contributed by atoms with Crippen LogP contribution in [0.2, 0.25) is 0 Å². The first-order valence-corrected chi connectivity index (χ1v) is 5.56. The van der Waals surface area contributed by atoms with E-state index < -0.39 is 0 Å². The smallest absolute Gasteiger partial charge is 0.0700 e. The maximum atomic E-state index is 5.43. The molecular formula is C17H48O3. The minimum absolute atomic E-state index is 0. The van der Waals surface area contributed by atoms with Crippen LogP contribution in [0.5, 0.6) is 0 Å². The van der Waals surface area contributed by atoms with E-state index in [1.54, 1.807) is 7.11 Å². The summed E-state index contributed by atoms with van der Waals surface area (Å²) in [7, 11) is 1.68. The van der Waals surface area contributed by atoms with Crippen LogP contribution < -0.4 is 0 Å². The molecule has 0 atom stereocenters. The fourth-order valence-electron chi connectivity index (χ4n) is 1.06. The standard InChI is InChI=1S/C11H24O3.6CH4/c1-3-4-5-7-13-8-6-9-14-11-10-12-2;;;;;;/h3-11H2,1-2H3;6*1H4. The lowest BCUT2D eigenvalue weighted by molar-refractivity contribution is 0.0508. The van der Waals surface area contributed by atoms with Gasteiger partial charge in [-0.1, -0.05) is 64.3 Å². The molecule has 0 saturated carbocycles. The number of rotatable bonds is 11. The molecule has 0 aliphatic rings. The molecule has 20 heavy (non-hydrogen) atoms. The average Bonchev–Trinajstić information content (AvgIpc) is 2.21. The highest BCUT2D eigenvalue weighted by molar-refractivity contribution is 4.38. The molecule has 3 heteroatoms. The monoisotopic (exact) mass is 300 g/mol. The van der Waals surface area contributed by atoms with Gasteiger partial charge in [-0.25, -0.2) is 0 Å². The third-order valence-electron chi connectivity index (χ3n) is 1.90. The molecule has 0 unspecified atom stereocenters. The van der Waals surface area contributed by atoms with Gasteiger partial charge >= 0.3 is 0 Å². The summed E-state index contributed by atoms with van der Waals surface area (Å²) in [5, 5.41) is 0. The first kappa shape index (κ1) is 42.7. The van der Waals surface area contributed by atoms with Crippen LogP contribution in [0, 0.1) is 0 Å². The molecular weight excluding hydrogens is 252 g/mol. The predicted octanol–water partition coefficient (Wildman–Crippen LogP) is 6.06. The van der Waals surface area contributed by atoms with Gasteiger partial charge in [0.05, 0.1) is 13.2 Å². The van der Waals surface area contributed by atoms with E-state index >= 15 is 0 Å². The third kappa shape index (κ3) is 43.0. The zero-order valence-corrected chi connectivity index (χ0v) is 9.59. The Hall–Kier alpha value is -0.120. The van der Waals surface area contributed by atoms with Crippen molar-refractivity contribution in [3.8, 4) is 0 Å². The minimum atomic E-state index is 0. The summed E-state index contributed by atoms with van der Waals surface area (Å²) in [4.78, 5) is 0. The van der Waals surface area contributed by atoms with E-state index in [4.69, 9.17) is 14.2 Å². The summed E-state index contributed by atoms with van der Waals surface area (Å²) in [5.41, 5.74) is 0. The lowest BCUT2D eigenvalue weighted by atomic mass is 10.3. The van der Waals surface area contributed by atoms with E-state index in [0.29, 0.717) is 13.2 Å². The van der Waals surface area contributed by atoms with Crippen LogP contribution in [-0.4, -0.2) is 40.1 Å². The highest BCUT2D eigenvalue weighted by Gasteiger charge is 1.90. The summed E-state index contributed by atoms with van der Waals surface area (Å²) in [6.07, 6.45) is 4.69. The minimum Gasteiger partial charge on any atom is -0.382 e. The van der Waals surface area contributed by atoms with Crippen LogP contribution >= 0.6 is 0 Å². The van der Waals surface area contributed by atoms with Gasteiger partial charge in [-0.2, -0.15) is 0 Å². The largest absolute Gasteiger partial charge is 0.382 e. The molecule has 0 saturated heterocycles. The molecule has 0 fully saturated rings. The SMILES string of the molecule is C.C.C.C.C.C.CCCCCOCCCOCCOC. The molecule has 0 aromatic carbocycles. The summed E-state index contributed by atoms with van der Waals surface area (Å²) in [6.45, 7) is 6.05. The Morgan fingerprint density at radius 1 is 0.550 bits per heavy atom. The topological polar surface area (TPSA) is 27.7 Å². The molecule has 0 aliphatic heterocycles. The van der Waals surface area contributed by atoms with Crippen molar-refractivity contribution in [2.24, 2.45) is 0 Å². The Balaban J connectivity index is -0.0000000563. The number of methoxy groups -OCH3 is 1. The van der Waals surface area contributed by atoms with Gasteiger partial charge < -0.3 is 14.2 Å². The quantitative estimate of drug-likeness (QED) is 0.434. The van der Waals surface area contributed by atoms with Crippen molar-refractivity contribution in [3.63, 3.8) is 0 Å². The van der Waals surface area contributed by atoms with Crippen LogP contribution in [0.1, 0.15) is 77.2 Å². The maximum absolute atomic E-state index is 5.43. The Bertz CT molecular complexity index is 86.2.